The Hall–Kier alpha value is -3.28. The Labute approximate surface area is 177 Å². The lowest BCUT2D eigenvalue weighted by Gasteiger charge is -2.24. The maximum Gasteiger partial charge on any atom is 0.227 e. The first-order chi connectivity index (χ1) is 14.7. The molecule has 4 rings (SSSR count). The number of carbonyl (C=O) groups is 1. The first-order valence-corrected chi connectivity index (χ1v) is 10.6. The maximum absolute atomic E-state index is 12.2. The van der Waals surface area contributed by atoms with Gasteiger partial charge in [-0.25, -0.2) is 0 Å². The summed E-state index contributed by atoms with van der Waals surface area (Å²) >= 11 is 0. The molecule has 1 heterocycles. The van der Waals surface area contributed by atoms with Gasteiger partial charge in [-0.1, -0.05) is 36.8 Å². The summed E-state index contributed by atoms with van der Waals surface area (Å²) in [6.45, 7) is 1.43. The molecule has 1 aliphatic carbocycles. The number of carbonyl (C=O) groups excluding carboxylic acids is 1. The Morgan fingerprint density at radius 2 is 2.00 bits per heavy atom. The van der Waals surface area contributed by atoms with E-state index < -0.39 is 0 Å². The lowest BCUT2D eigenvalue weighted by Crippen LogP contribution is -2.37. The Morgan fingerprint density at radius 3 is 2.80 bits per heavy atom. The van der Waals surface area contributed by atoms with Crippen molar-refractivity contribution in [2.45, 2.75) is 32.2 Å². The second kappa shape index (κ2) is 9.48. The summed E-state index contributed by atoms with van der Waals surface area (Å²) < 4.78 is 0. The highest BCUT2D eigenvalue weighted by atomic mass is 16.1. The number of aromatic nitrogens is 1. The summed E-state index contributed by atoms with van der Waals surface area (Å²) in [6.07, 6.45) is 6.16. The fourth-order valence-electron chi connectivity index (χ4n) is 3.73. The van der Waals surface area contributed by atoms with Gasteiger partial charge in [0.15, 0.2) is 5.96 Å². The van der Waals surface area contributed by atoms with Crippen molar-refractivity contribution >= 4 is 28.5 Å². The number of H-pyrrole nitrogens is 1. The molecule has 0 aliphatic heterocycles. The molecule has 0 bridgehead atoms. The van der Waals surface area contributed by atoms with Crippen LogP contribution in [0.4, 0.5) is 5.69 Å². The second-order valence-electron chi connectivity index (χ2n) is 7.78. The fraction of sp³-hybridized carbons (Fsp3) is 0.333. The van der Waals surface area contributed by atoms with Gasteiger partial charge in [-0.3, -0.25) is 9.79 Å². The largest absolute Gasteiger partial charge is 0.361 e. The zero-order valence-corrected chi connectivity index (χ0v) is 17.4. The smallest absolute Gasteiger partial charge is 0.227 e. The Kier molecular flexibility index (Phi) is 6.32. The Balaban J connectivity index is 1.26. The topological polar surface area (TPSA) is 81.3 Å². The molecule has 4 N–H and O–H groups in total. The van der Waals surface area contributed by atoms with Crippen LogP contribution in [0.2, 0.25) is 0 Å². The van der Waals surface area contributed by atoms with Gasteiger partial charge >= 0.3 is 0 Å². The van der Waals surface area contributed by atoms with E-state index in [-0.39, 0.29) is 11.8 Å². The molecule has 3 aromatic rings. The number of amides is 1. The van der Waals surface area contributed by atoms with Crippen LogP contribution < -0.4 is 16.0 Å². The molecule has 0 radical (unpaired) electrons. The first kappa shape index (κ1) is 20.0. The standard InChI is InChI=1S/C24H29N5O/c1-25-24(26-13-12-19-16-27-22-11-3-2-10-21(19)22)28-15-17-6-4-9-20(14-17)29-23(30)18-7-5-8-18/h2-4,6,9-11,14,16,18,27H,5,7-8,12-13,15H2,1H3,(H,29,30)(H2,25,26,28). The number of nitrogens with one attached hydrogen (secondary N) is 4. The van der Waals surface area contributed by atoms with Crippen molar-refractivity contribution in [1.29, 1.82) is 0 Å². The molecule has 1 amide bonds. The molecular weight excluding hydrogens is 374 g/mol. The third-order valence-electron chi connectivity index (χ3n) is 5.72. The number of nitrogens with zero attached hydrogens (tertiary/aromatic N) is 1. The van der Waals surface area contributed by atoms with Gasteiger partial charge < -0.3 is 20.9 Å². The van der Waals surface area contributed by atoms with Crippen LogP contribution >= 0.6 is 0 Å². The number of rotatable bonds is 7. The quantitative estimate of drug-likeness (QED) is 0.358. The number of hydrogen-bond acceptors (Lipinski definition) is 2. The van der Waals surface area contributed by atoms with E-state index >= 15 is 0 Å². The van der Waals surface area contributed by atoms with Crippen LogP contribution in [0.15, 0.2) is 59.7 Å². The number of aromatic amines is 1. The van der Waals surface area contributed by atoms with Gasteiger partial charge in [0.1, 0.15) is 0 Å². The first-order valence-electron chi connectivity index (χ1n) is 10.6. The monoisotopic (exact) mass is 403 g/mol. The van der Waals surface area contributed by atoms with E-state index in [1.807, 2.05) is 30.3 Å². The molecule has 0 spiro atoms. The number of fused-ring (bicyclic) bond motifs is 1. The van der Waals surface area contributed by atoms with Gasteiger partial charge in [0, 0.05) is 48.8 Å². The molecule has 156 valence electrons. The summed E-state index contributed by atoms with van der Waals surface area (Å²) in [6, 6.07) is 16.3. The molecule has 1 aliphatic rings. The SMILES string of the molecule is CN=C(NCCc1c[nH]c2ccccc12)NCc1cccc(NC(=O)C2CCC2)c1. The van der Waals surface area contributed by atoms with Crippen LogP contribution in [0.25, 0.3) is 10.9 Å². The third kappa shape index (κ3) is 4.82. The van der Waals surface area contributed by atoms with E-state index in [0.29, 0.717) is 6.54 Å². The summed E-state index contributed by atoms with van der Waals surface area (Å²) in [7, 11) is 1.77. The minimum Gasteiger partial charge on any atom is -0.361 e. The summed E-state index contributed by atoms with van der Waals surface area (Å²) in [5.74, 6) is 1.09. The van der Waals surface area contributed by atoms with Crippen LogP contribution in [0.3, 0.4) is 0 Å². The summed E-state index contributed by atoms with van der Waals surface area (Å²) in [4.78, 5) is 19.8. The van der Waals surface area contributed by atoms with Gasteiger partial charge in [0.05, 0.1) is 0 Å². The molecule has 6 heteroatoms. The second-order valence-corrected chi connectivity index (χ2v) is 7.78. The molecular formula is C24H29N5O. The molecule has 30 heavy (non-hydrogen) atoms. The van der Waals surface area contributed by atoms with E-state index in [2.05, 4.69) is 50.3 Å². The summed E-state index contributed by atoms with van der Waals surface area (Å²) in [5, 5.41) is 11.0. The Bertz CT molecular complexity index is 1030. The average molecular weight is 404 g/mol. The van der Waals surface area contributed by atoms with Crippen molar-refractivity contribution in [2.24, 2.45) is 10.9 Å². The predicted molar refractivity (Wildman–Crippen MR) is 123 cm³/mol. The fourth-order valence-corrected chi connectivity index (χ4v) is 3.73. The molecule has 0 unspecified atom stereocenters. The molecule has 0 atom stereocenters. The molecule has 1 aromatic heterocycles. The highest BCUT2D eigenvalue weighted by Crippen LogP contribution is 2.27. The average Bonchev–Trinajstić information content (AvgIpc) is 3.12. The van der Waals surface area contributed by atoms with Crippen molar-refractivity contribution in [2.75, 3.05) is 18.9 Å². The van der Waals surface area contributed by atoms with Crippen LogP contribution in [-0.4, -0.2) is 30.4 Å². The van der Waals surface area contributed by atoms with Gasteiger partial charge in [-0.15, -0.1) is 0 Å². The lowest BCUT2D eigenvalue weighted by atomic mass is 9.85. The zero-order chi connectivity index (χ0) is 20.8. The van der Waals surface area contributed by atoms with Gasteiger partial charge in [-0.05, 0) is 48.6 Å². The minimum absolute atomic E-state index is 0.140. The van der Waals surface area contributed by atoms with Crippen molar-refractivity contribution in [3.8, 4) is 0 Å². The molecule has 1 saturated carbocycles. The number of benzene rings is 2. The van der Waals surface area contributed by atoms with E-state index in [1.54, 1.807) is 7.05 Å². The van der Waals surface area contributed by atoms with Crippen molar-refractivity contribution in [3.05, 3.63) is 65.9 Å². The van der Waals surface area contributed by atoms with Gasteiger partial charge in [0.2, 0.25) is 5.91 Å². The number of aliphatic imine (C=N–C) groups is 1. The van der Waals surface area contributed by atoms with Crippen molar-refractivity contribution in [1.82, 2.24) is 15.6 Å². The molecule has 6 nitrogen and oxygen atoms in total. The van der Waals surface area contributed by atoms with Crippen molar-refractivity contribution < 1.29 is 4.79 Å². The van der Waals surface area contributed by atoms with Gasteiger partial charge in [0.25, 0.3) is 0 Å². The molecule has 1 fully saturated rings. The Morgan fingerprint density at radius 1 is 1.13 bits per heavy atom. The van der Waals surface area contributed by atoms with Gasteiger partial charge in [-0.2, -0.15) is 0 Å². The normalized spacial score (nSPS) is 14.4. The third-order valence-corrected chi connectivity index (χ3v) is 5.72. The zero-order valence-electron chi connectivity index (χ0n) is 17.4. The molecule has 0 saturated heterocycles. The van der Waals surface area contributed by atoms with Crippen molar-refractivity contribution in [3.63, 3.8) is 0 Å². The van der Waals surface area contributed by atoms with E-state index in [9.17, 15) is 4.79 Å². The number of para-hydroxylation sites is 1. The van der Waals surface area contributed by atoms with Crippen LogP contribution in [0.1, 0.15) is 30.4 Å². The van der Waals surface area contributed by atoms with E-state index in [4.69, 9.17) is 0 Å². The molecule has 2 aromatic carbocycles. The number of guanidine groups is 1. The number of hydrogen-bond donors (Lipinski definition) is 4. The van der Waals surface area contributed by atoms with Crippen LogP contribution in [-0.2, 0) is 17.8 Å². The predicted octanol–water partition coefficient (Wildman–Crippen LogP) is 3.81. The summed E-state index contributed by atoms with van der Waals surface area (Å²) in [5.41, 5.74) is 4.41. The lowest BCUT2D eigenvalue weighted by molar-refractivity contribution is -0.122. The van der Waals surface area contributed by atoms with E-state index in [0.717, 1.165) is 49.4 Å². The van der Waals surface area contributed by atoms with Crippen LogP contribution in [0.5, 0.6) is 0 Å². The van der Waals surface area contributed by atoms with Crippen LogP contribution in [0, 0.1) is 5.92 Å². The highest BCUT2D eigenvalue weighted by Gasteiger charge is 2.25. The van der Waals surface area contributed by atoms with E-state index in [1.165, 1.54) is 16.5 Å². The highest BCUT2D eigenvalue weighted by molar-refractivity contribution is 5.93. The minimum atomic E-state index is 0.140. The maximum atomic E-state index is 12.2. The number of anilines is 1.